The van der Waals surface area contributed by atoms with E-state index < -0.39 is 0 Å². The largest absolute Gasteiger partial charge is 0.484 e. The lowest BCUT2D eigenvalue weighted by molar-refractivity contribution is -0.120. The molecule has 1 heterocycles. The van der Waals surface area contributed by atoms with E-state index in [1.165, 1.54) is 11.3 Å². The number of fused-ring (bicyclic) bond motifs is 1. The number of hydrogen-bond donors (Lipinski definition) is 0. The van der Waals surface area contributed by atoms with Gasteiger partial charge in [0.1, 0.15) is 5.75 Å². The predicted octanol–water partition coefficient (Wildman–Crippen LogP) is 3.25. The molecule has 6 heteroatoms. The van der Waals surface area contributed by atoms with Crippen LogP contribution in [0.4, 0.5) is 0 Å². The average Bonchev–Trinajstić information content (AvgIpc) is 2.98. The third kappa shape index (κ3) is 4.55. The topological polar surface area (TPSA) is 52.8 Å². The first-order valence-corrected chi connectivity index (χ1v) is 9.01. The van der Waals surface area contributed by atoms with Gasteiger partial charge in [0, 0.05) is 13.2 Å². The maximum atomic E-state index is 12.2. The third-order valence-electron chi connectivity index (χ3n) is 3.58. The highest BCUT2D eigenvalue weighted by Gasteiger charge is 2.08. The van der Waals surface area contributed by atoms with Crippen LogP contribution in [0.1, 0.15) is 6.92 Å². The van der Waals surface area contributed by atoms with Crippen LogP contribution >= 0.6 is 11.3 Å². The van der Waals surface area contributed by atoms with Crippen LogP contribution in [0.15, 0.2) is 59.6 Å². The van der Waals surface area contributed by atoms with E-state index in [-0.39, 0.29) is 12.5 Å². The van der Waals surface area contributed by atoms with Crippen molar-refractivity contribution in [3.63, 3.8) is 0 Å². The van der Waals surface area contributed by atoms with Crippen LogP contribution in [0, 0.1) is 0 Å². The molecule has 0 fully saturated rings. The van der Waals surface area contributed by atoms with E-state index in [9.17, 15) is 4.79 Å². The standard InChI is InChI=1S/C19H20N2O3S/c1-2-23-13-12-21-16-10-6-7-11-17(16)25-19(21)20-18(22)14-24-15-8-4-3-5-9-15/h3-11H,2,12-14H2,1H3. The van der Waals surface area contributed by atoms with Gasteiger partial charge in [-0.15, -0.1) is 0 Å². The van der Waals surface area contributed by atoms with E-state index in [1.807, 2.05) is 66.1 Å². The zero-order chi connectivity index (χ0) is 17.5. The Hall–Kier alpha value is -2.44. The number of benzene rings is 2. The molecule has 0 spiro atoms. The van der Waals surface area contributed by atoms with Gasteiger partial charge in [0.25, 0.3) is 5.91 Å². The minimum Gasteiger partial charge on any atom is -0.484 e. The van der Waals surface area contributed by atoms with E-state index in [2.05, 4.69) is 4.99 Å². The first-order chi connectivity index (χ1) is 12.3. The van der Waals surface area contributed by atoms with E-state index in [4.69, 9.17) is 9.47 Å². The van der Waals surface area contributed by atoms with Gasteiger partial charge in [-0.1, -0.05) is 41.7 Å². The van der Waals surface area contributed by atoms with Crippen LogP contribution in [0.3, 0.4) is 0 Å². The Morgan fingerprint density at radius 3 is 2.68 bits per heavy atom. The fourth-order valence-electron chi connectivity index (χ4n) is 2.42. The number of ether oxygens (including phenoxy) is 2. The molecule has 0 saturated carbocycles. The molecule has 0 aliphatic rings. The first-order valence-electron chi connectivity index (χ1n) is 8.19. The van der Waals surface area contributed by atoms with Crippen molar-refractivity contribution in [2.24, 2.45) is 4.99 Å². The van der Waals surface area contributed by atoms with Crippen molar-refractivity contribution in [3.8, 4) is 5.75 Å². The van der Waals surface area contributed by atoms with Gasteiger partial charge < -0.3 is 14.0 Å². The number of nitrogens with zero attached hydrogens (tertiary/aromatic N) is 2. The molecule has 0 aliphatic heterocycles. The highest BCUT2D eigenvalue weighted by atomic mass is 32.1. The Morgan fingerprint density at radius 1 is 1.12 bits per heavy atom. The van der Waals surface area contributed by atoms with Gasteiger partial charge in [-0.25, -0.2) is 0 Å². The minimum atomic E-state index is -0.305. The summed E-state index contributed by atoms with van der Waals surface area (Å²) < 4.78 is 14.0. The average molecular weight is 356 g/mol. The van der Waals surface area contributed by atoms with Gasteiger partial charge >= 0.3 is 0 Å². The quantitative estimate of drug-likeness (QED) is 0.611. The second-order valence-electron chi connectivity index (χ2n) is 5.31. The summed E-state index contributed by atoms with van der Waals surface area (Å²) in [5, 5.41) is 0. The van der Waals surface area contributed by atoms with Gasteiger partial charge in [0.05, 0.1) is 16.8 Å². The van der Waals surface area contributed by atoms with Gasteiger partial charge in [0.2, 0.25) is 0 Å². The molecule has 0 saturated heterocycles. The molecule has 0 aliphatic carbocycles. The van der Waals surface area contributed by atoms with Gasteiger partial charge in [0.15, 0.2) is 11.4 Å². The van der Waals surface area contributed by atoms with Gasteiger partial charge in [-0.05, 0) is 31.2 Å². The summed E-state index contributed by atoms with van der Waals surface area (Å²) >= 11 is 1.50. The summed E-state index contributed by atoms with van der Waals surface area (Å²) in [7, 11) is 0. The Bertz CT molecular complexity index is 900. The first kappa shape index (κ1) is 17.4. The van der Waals surface area contributed by atoms with E-state index >= 15 is 0 Å². The van der Waals surface area contributed by atoms with Crippen molar-refractivity contribution in [1.29, 1.82) is 0 Å². The Labute approximate surface area is 150 Å². The lowest BCUT2D eigenvalue weighted by atomic mass is 10.3. The summed E-state index contributed by atoms with van der Waals surface area (Å²) in [6.07, 6.45) is 0. The molecular weight excluding hydrogens is 336 g/mol. The van der Waals surface area contributed by atoms with Crippen molar-refractivity contribution in [3.05, 3.63) is 59.4 Å². The molecule has 25 heavy (non-hydrogen) atoms. The van der Waals surface area contributed by atoms with Crippen molar-refractivity contribution in [1.82, 2.24) is 4.57 Å². The second-order valence-corrected chi connectivity index (χ2v) is 6.32. The van der Waals surface area contributed by atoms with Crippen LogP contribution in [-0.4, -0.2) is 30.3 Å². The predicted molar refractivity (Wildman–Crippen MR) is 98.8 cm³/mol. The van der Waals surface area contributed by atoms with Gasteiger partial charge in [-0.2, -0.15) is 4.99 Å². The number of rotatable bonds is 7. The van der Waals surface area contributed by atoms with E-state index in [1.54, 1.807) is 0 Å². The molecule has 3 aromatic rings. The third-order valence-corrected chi connectivity index (χ3v) is 4.64. The Balaban J connectivity index is 1.81. The summed E-state index contributed by atoms with van der Waals surface area (Å²) in [4.78, 5) is 17.1. The van der Waals surface area contributed by atoms with Crippen LogP contribution in [-0.2, 0) is 16.1 Å². The molecule has 0 N–H and O–H groups in total. The van der Waals surface area contributed by atoms with Crippen molar-refractivity contribution >= 4 is 27.5 Å². The summed E-state index contributed by atoms with van der Waals surface area (Å²) in [6.45, 7) is 3.79. The number of hydrogen-bond acceptors (Lipinski definition) is 4. The number of para-hydroxylation sites is 2. The minimum absolute atomic E-state index is 0.0796. The molecule has 2 aromatic carbocycles. The molecule has 1 aromatic heterocycles. The van der Waals surface area contributed by atoms with Crippen LogP contribution in [0.5, 0.6) is 5.75 Å². The van der Waals surface area contributed by atoms with Gasteiger partial charge in [-0.3, -0.25) is 4.79 Å². The highest BCUT2D eigenvalue weighted by molar-refractivity contribution is 7.16. The second kappa shape index (κ2) is 8.60. The Morgan fingerprint density at radius 2 is 1.88 bits per heavy atom. The molecule has 0 radical (unpaired) electrons. The summed E-state index contributed by atoms with van der Waals surface area (Å²) in [5.74, 6) is 0.354. The van der Waals surface area contributed by atoms with Crippen molar-refractivity contribution < 1.29 is 14.3 Å². The van der Waals surface area contributed by atoms with E-state index in [0.717, 1.165) is 10.2 Å². The van der Waals surface area contributed by atoms with Crippen LogP contribution < -0.4 is 9.54 Å². The van der Waals surface area contributed by atoms with Crippen molar-refractivity contribution in [2.45, 2.75) is 13.5 Å². The number of carbonyl (C=O) groups is 1. The van der Waals surface area contributed by atoms with E-state index in [0.29, 0.717) is 30.3 Å². The maximum Gasteiger partial charge on any atom is 0.286 e. The van der Waals surface area contributed by atoms with Crippen LogP contribution in [0.2, 0.25) is 0 Å². The summed E-state index contributed by atoms with van der Waals surface area (Å²) in [5.41, 5.74) is 1.06. The summed E-state index contributed by atoms with van der Waals surface area (Å²) in [6, 6.07) is 17.3. The number of carbonyl (C=O) groups excluding carboxylic acids is 1. The monoisotopic (exact) mass is 356 g/mol. The normalized spacial score (nSPS) is 11.8. The molecule has 0 unspecified atom stereocenters. The number of amides is 1. The number of aromatic nitrogens is 1. The fourth-order valence-corrected chi connectivity index (χ4v) is 3.50. The molecular formula is C19H20N2O3S. The molecule has 3 rings (SSSR count). The lowest BCUT2D eigenvalue weighted by Crippen LogP contribution is -2.21. The van der Waals surface area contributed by atoms with Crippen LogP contribution in [0.25, 0.3) is 10.2 Å². The fraction of sp³-hybridized carbons (Fsp3) is 0.263. The zero-order valence-corrected chi connectivity index (χ0v) is 14.9. The zero-order valence-electron chi connectivity index (χ0n) is 14.1. The lowest BCUT2D eigenvalue weighted by Gasteiger charge is -2.05. The van der Waals surface area contributed by atoms with Crippen molar-refractivity contribution in [2.75, 3.05) is 19.8 Å². The molecule has 0 atom stereocenters. The smallest absolute Gasteiger partial charge is 0.286 e. The highest BCUT2D eigenvalue weighted by Crippen LogP contribution is 2.16. The molecule has 1 amide bonds. The molecule has 5 nitrogen and oxygen atoms in total. The SMILES string of the molecule is CCOCCn1c(=NC(=O)COc2ccccc2)sc2ccccc21. The molecule has 130 valence electrons. The molecule has 0 bridgehead atoms. The maximum absolute atomic E-state index is 12.2. The number of thiazole rings is 1. The Kier molecular flexibility index (Phi) is 5.98.